The molecule has 0 amide bonds. The van der Waals surface area contributed by atoms with Gasteiger partial charge in [-0.05, 0) is 42.7 Å². The molecule has 4 nitrogen and oxygen atoms in total. The number of hydrogen-bond acceptors (Lipinski definition) is 4. The fourth-order valence-electron chi connectivity index (χ4n) is 3.44. The van der Waals surface area contributed by atoms with Gasteiger partial charge in [0.2, 0.25) is 0 Å². The van der Waals surface area contributed by atoms with Crippen LogP contribution in [0.15, 0.2) is 40.8 Å². The molecule has 5 heteroatoms. The van der Waals surface area contributed by atoms with Gasteiger partial charge in [-0.25, -0.2) is 4.39 Å². The van der Waals surface area contributed by atoms with Crippen LogP contribution in [0.4, 0.5) is 10.4 Å². The molecule has 1 heterocycles. The van der Waals surface area contributed by atoms with Crippen LogP contribution in [0.3, 0.4) is 0 Å². The van der Waals surface area contributed by atoms with Crippen LogP contribution in [0, 0.1) is 5.82 Å². The Morgan fingerprint density at radius 1 is 1.12 bits per heavy atom. The number of nitrogens with zero attached hydrogens (tertiary/aromatic N) is 1. The Kier molecular flexibility index (Phi) is 4.30. The highest BCUT2D eigenvalue weighted by Crippen LogP contribution is 2.30. The zero-order valence-electron chi connectivity index (χ0n) is 14.2. The first-order valence-electron chi connectivity index (χ1n) is 8.74. The molecule has 1 N–H and O–H groups in total. The van der Waals surface area contributed by atoms with E-state index in [0.717, 1.165) is 23.9 Å². The first-order valence-corrected chi connectivity index (χ1v) is 8.74. The summed E-state index contributed by atoms with van der Waals surface area (Å²) >= 11 is 0. The lowest BCUT2D eigenvalue weighted by molar-refractivity contribution is 0.411. The fourth-order valence-corrected chi connectivity index (χ4v) is 3.44. The van der Waals surface area contributed by atoms with Gasteiger partial charge in [0.1, 0.15) is 17.1 Å². The molecule has 1 aliphatic carbocycles. The van der Waals surface area contributed by atoms with Crippen LogP contribution in [0.2, 0.25) is 0 Å². The van der Waals surface area contributed by atoms with Crippen molar-refractivity contribution < 1.29 is 13.5 Å². The summed E-state index contributed by atoms with van der Waals surface area (Å²) in [6.45, 7) is 0. The summed E-state index contributed by atoms with van der Waals surface area (Å²) in [4.78, 5) is 4.53. The minimum absolute atomic E-state index is 0.317. The van der Waals surface area contributed by atoms with Crippen molar-refractivity contribution in [1.29, 1.82) is 0 Å². The van der Waals surface area contributed by atoms with Crippen LogP contribution in [0.25, 0.3) is 22.2 Å². The van der Waals surface area contributed by atoms with Crippen LogP contribution in [0.1, 0.15) is 32.1 Å². The van der Waals surface area contributed by atoms with E-state index in [9.17, 15) is 4.39 Å². The molecule has 1 aromatic heterocycles. The summed E-state index contributed by atoms with van der Waals surface area (Å²) in [5.41, 5.74) is 2.72. The average molecular weight is 340 g/mol. The highest BCUT2D eigenvalue weighted by molar-refractivity contribution is 5.81. The summed E-state index contributed by atoms with van der Waals surface area (Å²) in [6.07, 6.45) is 6.11. The van der Waals surface area contributed by atoms with Crippen LogP contribution in [-0.4, -0.2) is 18.1 Å². The van der Waals surface area contributed by atoms with Crippen LogP contribution >= 0.6 is 0 Å². The molecular formula is C20H21FN2O2. The lowest BCUT2D eigenvalue weighted by Gasteiger charge is -2.21. The molecule has 1 saturated carbocycles. The van der Waals surface area contributed by atoms with E-state index in [4.69, 9.17) is 9.15 Å². The second kappa shape index (κ2) is 6.75. The molecule has 1 aliphatic rings. The van der Waals surface area contributed by atoms with Gasteiger partial charge in [-0.15, -0.1) is 0 Å². The second-order valence-electron chi connectivity index (χ2n) is 6.53. The summed E-state index contributed by atoms with van der Waals surface area (Å²) in [5, 5.41) is 3.39. The van der Waals surface area contributed by atoms with Gasteiger partial charge in [-0.2, -0.15) is 4.98 Å². The van der Waals surface area contributed by atoms with Crippen molar-refractivity contribution in [1.82, 2.24) is 4.98 Å². The number of fused-ring (bicyclic) bond motifs is 1. The van der Waals surface area contributed by atoms with Crippen LogP contribution in [-0.2, 0) is 0 Å². The summed E-state index contributed by atoms with van der Waals surface area (Å²) < 4.78 is 25.1. The van der Waals surface area contributed by atoms with Gasteiger partial charge in [0.15, 0.2) is 5.58 Å². The van der Waals surface area contributed by atoms with E-state index in [2.05, 4.69) is 10.3 Å². The zero-order chi connectivity index (χ0) is 17.2. The number of hydrogen-bond donors (Lipinski definition) is 1. The Morgan fingerprint density at radius 3 is 2.72 bits per heavy atom. The number of rotatable bonds is 4. The summed E-state index contributed by atoms with van der Waals surface area (Å²) in [6, 6.07) is 11.4. The Morgan fingerprint density at radius 2 is 1.96 bits per heavy atom. The Hall–Kier alpha value is -2.56. The molecule has 0 saturated heterocycles. The standard InChI is InChI=1S/C20H21FN2O2/c1-24-15-8-9-16(17(21)12-15)13-7-10-19-18(11-13)23-20(25-19)22-14-5-3-2-4-6-14/h7-12,14H,2-6H2,1H3,(H,22,23). The second-order valence-corrected chi connectivity index (χ2v) is 6.53. The predicted molar refractivity (Wildman–Crippen MR) is 96.5 cm³/mol. The average Bonchev–Trinajstić information content (AvgIpc) is 3.03. The van der Waals surface area contributed by atoms with Gasteiger partial charge in [0.05, 0.1) is 7.11 Å². The third-order valence-corrected chi connectivity index (χ3v) is 4.81. The maximum atomic E-state index is 14.3. The van der Waals surface area contributed by atoms with Crippen molar-refractivity contribution in [2.24, 2.45) is 0 Å². The number of ether oxygens (including phenoxy) is 1. The quantitative estimate of drug-likeness (QED) is 0.692. The molecular weight excluding hydrogens is 319 g/mol. The summed E-state index contributed by atoms with van der Waals surface area (Å²) in [7, 11) is 1.52. The van der Waals surface area contributed by atoms with E-state index in [-0.39, 0.29) is 5.82 Å². The number of aromatic nitrogens is 1. The highest BCUT2D eigenvalue weighted by Gasteiger charge is 2.16. The van der Waals surface area contributed by atoms with E-state index >= 15 is 0 Å². The van der Waals surface area contributed by atoms with E-state index in [1.165, 1.54) is 32.4 Å². The van der Waals surface area contributed by atoms with Crippen molar-refractivity contribution in [2.75, 3.05) is 12.4 Å². The zero-order valence-corrected chi connectivity index (χ0v) is 14.2. The van der Waals surface area contributed by atoms with Gasteiger partial charge >= 0.3 is 0 Å². The summed E-state index contributed by atoms with van der Waals surface area (Å²) in [5.74, 6) is 0.186. The Labute approximate surface area is 146 Å². The minimum atomic E-state index is -0.317. The molecule has 0 bridgehead atoms. The lowest BCUT2D eigenvalue weighted by Crippen LogP contribution is -2.22. The maximum absolute atomic E-state index is 14.3. The number of anilines is 1. The lowest BCUT2D eigenvalue weighted by atomic mass is 9.96. The topological polar surface area (TPSA) is 47.3 Å². The van der Waals surface area contributed by atoms with Crippen LogP contribution in [0.5, 0.6) is 5.75 Å². The van der Waals surface area contributed by atoms with Crippen molar-refractivity contribution >= 4 is 17.1 Å². The van der Waals surface area contributed by atoms with Gasteiger partial charge in [-0.1, -0.05) is 25.3 Å². The van der Waals surface area contributed by atoms with Crippen molar-refractivity contribution in [3.63, 3.8) is 0 Å². The fraction of sp³-hybridized carbons (Fsp3) is 0.350. The molecule has 0 spiro atoms. The first kappa shape index (κ1) is 15.9. The van der Waals surface area contributed by atoms with Gasteiger partial charge in [0, 0.05) is 17.7 Å². The smallest absolute Gasteiger partial charge is 0.295 e. The molecule has 2 aromatic carbocycles. The Bertz CT molecular complexity index is 885. The predicted octanol–water partition coefficient (Wildman–Crippen LogP) is 5.39. The van der Waals surface area contributed by atoms with Crippen LogP contribution < -0.4 is 10.1 Å². The molecule has 0 unspecified atom stereocenters. The highest BCUT2D eigenvalue weighted by atomic mass is 19.1. The molecule has 25 heavy (non-hydrogen) atoms. The van der Waals surface area contributed by atoms with Crippen molar-refractivity contribution in [3.05, 3.63) is 42.2 Å². The van der Waals surface area contributed by atoms with Gasteiger partial charge in [-0.3, -0.25) is 0 Å². The third kappa shape index (κ3) is 3.31. The minimum Gasteiger partial charge on any atom is -0.497 e. The van der Waals surface area contributed by atoms with Crippen molar-refractivity contribution in [3.8, 4) is 16.9 Å². The largest absolute Gasteiger partial charge is 0.497 e. The molecule has 1 fully saturated rings. The first-order chi connectivity index (χ1) is 12.2. The normalized spacial score (nSPS) is 15.4. The molecule has 0 atom stereocenters. The van der Waals surface area contributed by atoms with E-state index in [0.29, 0.717) is 29.0 Å². The SMILES string of the molecule is COc1ccc(-c2ccc3oc(NC4CCCCC4)nc3c2)c(F)c1. The Balaban J connectivity index is 1.61. The number of halogens is 1. The maximum Gasteiger partial charge on any atom is 0.295 e. The van der Waals surface area contributed by atoms with E-state index < -0.39 is 0 Å². The molecule has 4 rings (SSSR count). The van der Waals surface area contributed by atoms with Gasteiger partial charge < -0.3 is 14.5 Å². The number of oxazole rings is 1. The number of benzene rings is 2. The third-order valence-electron chi connectivity index (χ3n) is 4.81. The molecule has 130 valence electrons. The van der Waals surface area contributed by atoms with Crippen molar-refractivity contribution in [2.45, 2.75) is 38.1 Å². The number of methoxy groups -OCH3 is 1. The van der Waals surface area contributed by atoms with Gasteiger partial charge in [0.25, 0.3) is 6.01 Å². The number of nitrogens with one attached hydrogen (secondary N) is 1. The molecule has 0 aliphatic heterocycles. The van der Waals surface area contributed by atoms with E-state index in [1.54, 1.807) is 12.1 Å². The van der Waals surface area contributed by atoms with E-state index in [1.807, 2.05) is 18.2 Å². The monoisotopic (exact) mass is 340 g/mol. The molecule has 0 radical (unpaired) electrons. The molecule has 3 aromatic rings.